The van der Waals surface area contributed by atoms with Crippen LogP contribution in [-0.2, 0) is 4.79 Å². The van der Waals surface area contributed by atoms with Crippen LogP contribution in [0.5, 0.6) is 0 Å². The molecule has 7 heteroatoms. The number of likely N-dealkylation sites (tertiary alicyclic amines) is 1. The van der Waals surface area contributed by atoms with Gasteiger partial charge >= 0.3 is 0 Å². The quantitative estimate of drug-likeness (QED) is 0.711. The van der Waals surface area contributed by atoms with Crippen molar-refractivity contribution in [2.75, 3.05) is 13.1 Å². The molecule has 6 nitrogen and oxygen atoms in total. The van der Waals surface area contributed by atoms with Crippen molar-refractivity contribution in [2.24, 2.45) is 11.7 Å². The Morgan fingerprint density at radius 3 is 2.43 bits per heavy atom. The highest BCUT2D eigenvalue weighted by Crippen LogP contribution is 2.34. The van der Waals surface area contributed by atoms with Crippen LogP contribution in [0.1, 0.15) is 30.3 Å². The van der Waals surface area contributed by atoms with Gasteiger partial charge in [-0.1, -0.05) is 54.1 Å². The average Bonchev–Trinajstić information content (AvgIpc) is 3.19. The van der Waals surface area contributed by atoms with Gasteiger partial charge in [0.15, 0.2) is 0 Å². The summed E-state index contributed by atoms with van der Waals surface area (Å²) in [4.78, 5) is 13.8. The van der Waals surface area contributed by atoms with Crippen molar-refractivity contribution >= 4 is 17.5 Å². The first kappa shape index (κ1) is 18.7. The summed E-state index contributed by atoms with van der Waals surface area (Å²) >= 11 is 6.28. The van der Waals surface area contributed by atoms with Crippen LogP contribution >= 0.6 is 11.6 Å². The Balaban J connectivity index is 1.66. The van der Waals surface area contributed by atoms with Gasteiger partial charge in [0.25, 0.3) is 0 Å². The monoisotopic (exact) mass is 396 g/mol. The van der Waals surface area contributed by atoms with E-state index in [0.29, 0.717) is 22.4 Å². The summed E-state index contributed by atoms with van der Waals surface area (Å²) < 4.78 is 6.05. The number of aromatic nitrogens is 2. The molecule has 2 aromatic carbocycles. The van der Waals surface area contributed by atoms with E-state index in [1.54, 1.807) is 6.07 Å². The third kappa shape index (κ3) is 3.79. The zero-order valence-corrected chi connectivity index (χ0v) is 16.0. The highest BCUT2D eigenvalue weighted by atomic mass is 35.5. The van der Waals surface area contributed by atoms with E-state index < -0.39 is 0 Å². The molecule has 0 unspecified atom stereocenters. The highest BCUT2D eigenvalue weighted by Gasteiger charge is 2.32. The molecular weight excluding hydrogens is 376 g/mol. The first-order chi connectivity index (χ1) is 13.6. The van der Waals surface area contributed by atoms with Crippen LogP contribution in [0.3, 0.4) is 0 Å². The molecule has 1 fully saturated rings. The van der Waals surface area contributed by atoms with Crippen molar-refractivity contribution in [1.29, 1.82) is 0 Å². The molecule has 1 saturated heterocycles. The molecule has 1 aromatic heterocycles. The van der Waals surface area contributed by atoms with E-state index in [1.165, 1.54) is 0 Å². The summed E-state index contributed by atoms with van der Waals surface area (Å²) in [6.45, 7) is 1.47. The number of hydrogen-bond donors (Lipinski definition) is 1. The van der Waals surface area contributed by atoms with Gasteiger partial charge < -0.3 is 10.2 Å². The minimum atomic E-state index is -0.227. The maximum Gasteiger partial charge on any atom is 0.249 e. The second-order valence-electron chi connectivity index (χ2n) is 6.95. The highest BCUT2D eigenvalue weighted by molar-refractivity contribution is 6.33. The van der Waals surface area contributed by atoms with Crippen LogP contribution in [0.15, 0.2) is 59.0 Å². The van der Waals surface area contributed by atoms with Gasteiger partial charge in [-0.15, -0.1) is 10.2 Å². The molecule has 4 rings (SSSR count). The normalized spacial score (nSPS) is 16.8. The Morgan fingerprint density at radius 1 is 1.07 bits per heavy atom. The lowest BCUT2D eigenvalue weighted by Gasteiger charge is -2.35. The lowest BCUT2D eigenvalue weighted by atomic mass is 9.93. The molecule has 3 aromatic rings. The Hall–Kier alpha value is -2.70. The fourth-order valence-electron chi connectivity index (χ4n) is 3.68. The molecule has 0 bridgehead atoms. The number of hydrogen-bond acceptors (Lipinski definition) is 5. The smallest absolute Gasteiger partial charge is 0.249 e. The largest absolute Gasteiger partial charge is 0.419 e. The molecule has 144 valence electrons. The number of amides is 1. The number of carbonyl (C=O) groups excluding carboxylic acids is 1. The maximum absolute atomic E-state index is 11.5. The van der Waals surface area contributed by atoms with E-state index in [0.717, 1.165) is 31.5 Å². The minimum absolute atomic E-state index is 0.0750. The number of rotatable bonds is 5. The van der Waals surface area contributed by atoms with Gasteiger partial charge in [-0.2, -0.15) is 0 Å². The van der Waals surface area contributed by atoms with Crippen molar-refractivity contribution in [3.63, 3.8) is 0 Å². The molecule has 28 heavy (non-hydrogen) atoms. The van der Waals surface area contributed by atoms with Crippen LogP contribution in [0.4, 0.5) is 0 Å². The first-order valence-corrected chi connectivity index (χ1v) is 9.68. The van der Waals surface area contributed by atoms with Crippen LogP contribution in [0, 0.1) is 5.92 Å². The molecular formula is C21H21ClN4O2. The molecule has 2 heterocycles. The number of nitrogens with two attached hydrogens (primary N) is 1. The van der Waals surface area contributed by atoms with Gasteiger partial charge in [-0.05, 0) is 43.6 Å². The number of carbonyl (C=O) groups is 1. The summed E-state index contributed by atoms with van der Waals surface area (Å²) in [7, 11) is 0. The van der Waals surface area contributed by atoms with Crippen molar-refractivity contribution < 1.29 is 9.21 Å². The molecule has 1 atom stereocenters. The number of primary amides is 1. The van der Waals surface area contributed by atoms with E-state index in [1.807, 2.05) is 48.5 Å². The summed E-state index contributed by atoms with van der Waals surface area (Å²) in [6, 6.07) is 17.3. The SMILES string of the molecule is NC(=O)C1CCN([C@@H](c2ccccc2)c2nnc(-c3ccccc3Cl)o2)CC1. The van der Waals surface area contributed by atoms with Gasteiger partial charge in [-0.3, -0.25) is 9.69 Å². The summed E-state index contributed by atoms with van der Waals surface area (Å²) in [5.74, 6) is 0.607. The van der Waals surface area contributed by atoms with E-state index in [9.17, 15) is 4.79 Å². The molecule has 0 spiro atoms. The van der Waals surface area contributed by atoms with Crippen LogP contribution in [0.2, 0.25) is 5.02 Å². The van der Waals surface area contributed by atoms with Crippen molar-refractivity contribution in [3.05, 3.63) is 71.1 Å². The fourth-order valence-corrected chi connectivity index (χ4v) is 3.89. The van der Waals surface area contributed by atoms with Crippen molar-refractivity contribution in [2.45, 2.75) is 18.9 Å². The number of piperidine rings is 1. The fraction of sp³-hybridized carbons (Fsp3) is 0.286. The zero-order chi connectivity index (χ0) is 19.5. The molecule has 0 saturated carbocycles. The van der Waals surface area contributed by atoms with Gasteiger partial charge in [0, 0.05) is 5.92 Å². The van der Waals surface area contributed by atoms with Crippen molar-refractivity contribution in [3.8, 4) is 11.5 Å². The van der Waals surface area contributed by atoms with Gasteiger partial charge in [0.05, 0.1) is 10.6 Å². The van der Waals surface area contributed by atoms with E-state index in [-0.39, 0.29) is 17.9 Å². The summed E-state index contributed by atoms with van der Waals surface area (Å²) in [5.41, 5.74) is 7.26. The Kier molecular flexibility index (Phi) is 5.41. The minimum Gasteiger partial charge on any atom is -0.419 e. The summed E-state index contributed by atoms with van der Waals surface area (Å²) in [5, 5.41) is 9.13. The standard InChI is InChI=1S/C21H21ClN4O2/c22-17-9-5-4-8-16(17)20-24-25-21(28-20)18(14-6-2-1-3-7-14)26-12-10-15(11-13-26)19(23)27/h1-9,15,18H,10-13H2,(H2,23,27)/t18-/m0/s1. The third-order valence-electron chi connectivity index (χ3n) is 5.19. The van der Waals surface area contributed by atoms with E-state index in [4.69, 9.17) is 21.8 Å². The Labute approximate surface area is 168 Å². The Morgan fingerprint density at radius 2 is 1.75 bits per heavy atom. The van der Waals surface area contributed by atoms with Crippen LogP contribution in [0.25, 0.3) is 11.5 Å². The van der Waals surface area contributed by atoms with E-state index >= 15 is 0 Å². The maximum atomic E-state index is 11.5. The average molecular weight is 397 g/mol. The number of benzene rings is 2. The van der Waals surface area contributed by atoms with Gasteiger partial charge in [0.2, 0.25) is 17.7 Å². The van der Waals surface area contributed by atoms with Crippen molar-refractivity contribution in [1.82, 2.24) is 15.1 Å². The summed E-state index contributed by atoms with van der Waals surface area (Å²) in [6.07, 6.45) is 1.45. The molecule has 1 aliphatic rings. The molecule has 1 aliphatic heterocycles. The Bertz CT molecular complexity index is 952. The number of nitrogens with zero attached hydrogens (tertiary/aromatic N) is 3. The van der Waals surface area contributed by atoms with Crippen LogP contribution < -0.4 is 5.73 Å². The number of halogens is 1. The predicted molar refractivity (Wildman–Crippen MR) is 107 cm³/mol. The molecule has 1 amide bonds. The second kappa shape index (κ2) is 8.12. The first-order valence-electron chi connectivity index (χ1n) is 9.30. The lowest BCUT2D eigenvalue weighted by molar-refractivity contribution is -0.123. The predicted octanol–water partition coefficient (Wildman–Crippen LogP) is 3.68. The molecule has 0 aliphatic carbocycles. The van der Waals surface area contributed by atoms with Gasteiger partial charge in [-0.25, -0.2) is 0 Å². The van der Waals surface area contributed by atoms with Gasteiger partial charge in [0.1, 0.15) is 6.04 Å². The molecule has 2 N–H and O–H groups in total. The lowest BCUT2D eigenvalue weighted by Crippen LogP contribution is -2.40. The molecule has 0 radical (unpaired) electrons. The van der Waals surface area contributed by atoms with E-state index in [2.05, 4.69) is 15.1 Å². The second-order valence-corrected chi connectivity index (χ2v) is 7.36. The topological polar surface area (TPSA) is 85.3 Å². The zero-order valence-electron chi connectivity index (χ0n) is 15.3. The third-order valence-corrected chi connectivity index (χ3v) is 5.52. The van der Waals surface area contributed by atoms with Crippen LogP contribution in [-0.4, -0.2) is 34.1 Å².